The highest BCUT2D eigenvalue weighted by Crippen LogP contribution is 2.11. The van der Waals surface area contributed by atoms with Gasteiger partial charge in [-0.3, -0.25) is 14.6 Å². The first kappa shape index (κ1) is 7.91. The van der Waals surface area contributed by atoms with Crippen molar-refractivity contribution < 1.29 is 5.11 Å². The lowest BCUT2D eigenvalue weighted by Crippen LogP contribution is -2.06. The third-order valence-electron chi connectivity index (χ3n) is 1.63. The quantitative estimate of drug-likeness (QED) is 0.650. The fourth-order valence-electron chi connectivity index (χ4n) is 1.05. The van der Waals surface area contributed by atoms with Crippen molar-refractivity contribution >= 4 is 0 Å². The first-order valence-corrected chi connectivity index (χ1v) is 3.63. The van der Waals surface area contributed by atoms with E-state index in [2.05, 4.69) is 5.10 Å². The molecule has 0 radical (unpaired) electrons. The molecule has 0 saturated heterocycles. The number of aromatic amines is 1. The Labute approximate surface area is 64.5 Å². The van der Waals surface area contributed by atoms with Crippen LogP contribution in [0, 0.1) is 0 Å². The van der Waals surface area contributed by atoms with Crippen LogP contribution < -0.4 is 5.56 Å². The van der Waals surface area contributed by atoms with Crippen LogP contribution in [0.5, 0.6) is 5.88 Å². The van der Waals surface area contributed by atoms with Gasteiger partial charge in [0.25, 0.3) is 5.56 Å². The smallest absolute Gasteiger partial charge is 0.271 e. The van der Waals surface area contributed by atoms with Gasteiger partial charge in [0.15, 0.2) is 0 Å². The molecule has 11 heavy (non-hydrogen) atoms. The van der Waals surface area contributed by atoms with Gasteiger partial charge in [0.1, 0.15) is 0 Å². The van der Waals surface area contributed by atoms with Crippen LogP contribution in [0.1, 0.15) is 18.9 Å². The maximum absolute atomic E-state index is 11.0. The standard InChI is InChI=1S/C7H12N2O2/c1-3-4-5-6(10)8-9(2)7(5)11/h11H,3-4H2,1-2H3,(H,8,10). The topological polar surface area (TPSA) is 58.0 Å². The molecule has 0 bridgehead atoms. The average Bonchev–Trinajstić information content (AvgIpc) is 2.17. The Morgan fingerprint density at radius 1 is 1.64 bits per heavy atom. The number of nitrogens with one attached hydrogen (secondary N) is 1. The molecule has 0 aromatic carbocycles. The molecule has 0 spiro atoms. The van der Waals surface area contributed by atoms with E-state index in [1.807, 2.05) is 6.92 Å². The fraction of sp³-hybridized carbons (Fsp3) is 0.571. The van der Waals surface area contributed by atoms with Gasteiger partial charge in [-0.2, -0.15) is 0 Å². The molecular weight excluding hydrogens is 144 g/mol. The van der Waals surface area contributed by atoms with Crippen molar-refractivity contribution in [2.24, 2.45) is 7.05 Å². The zero-order valence-electron chi connectivity index (χ0n) is 6.72. The minimum absolute atomic E-state index is 0.0526. The van der Waals surface area contributed by atoms with E-state index in [0.717, 1.165) is 6.42 Å². The Balaban J connectivity index is 3.12. The van der Waals surface area contributed by atoms with E-state index in [-0.39, 0.29) is 11.4 Å². The number of aryl methyl sites for hydroxylation is 1. The Morgan fingerprint density at radius 2 is 2.27 bits per heavy atom. The van der Waals surface area contributed by atoms with E-state index in [1.165, 1.54) is 4.68 Å². The molecule has 1 aromatic rings. The largest absolute Gasteiger partial charge is 0.493 e. The van der Waals surface area contributed by atoms with Crippen molar-refractivity contribution in [2.45, 2.75) is 19.8 Å². The Hall–Kier alpha value is -1.19. The number of H-pyrrole nitrogens is 1. The van der Waals surface area contributed by atoms with Crippen molar-refractivity contribution in [2.75, 3.05) is 0 Å². The number of hydrogen-bond acceptors (Lipinski definition) is 2. The zero-order chi connectivity index (χ0) is 8.43. The first-order valence-electron chi connectivity index (χ1n) is 3.63. The lowest BCUT2D eigenvalue weighted by molar-refractivity contribution is 0.413. The second kappa shape index (κ2) is 2.82. The summed E-state index contributed by atoms with van der Waals surface area (Å²) in [5.41, 5.74) is 0.293. The van der Waals surface area contributed by atoms with Gasteiger partial charge in [0.2, 0.25) is 5.88 Å². The molecule has 0 unspecified atom stereocenters. The Kier molecular flexibility index (Phi) is 2.03. The third-order valence-corrected chi connectivity index (χ3v) is 1.63. The van der Waals surface area contributed by atoms with Gasteiger partial charge in [0, 0.05) is 7.05 Å². The highest BCUT2D eigenvalue weighted by atomic mass is 16.3. The summed E-state index contributed by atoms with van der Waals surface area (Å²) in [6.07, 6.45) is 1.49. The molecule has 0 saturated carbocycles. The molecule has 1 rings (SSSR count). The molecule has 2 N–H and O–H groups in total. The van der Waals surface area contributed by atoms with Gasteiger partial charge in [-0.15, -0.1) is 0 Å². The van der Waals surface area contributed by atoms with Gasteiger partial charge in [0.05, 0.1) is 5.56 Å². The number of nitrogens with zero attached hydrogens (tertiary/aromatic N) is 1. The molecule has 0 amide bonds. The molecule has 62 valence electrons. The van der Waals surface area contributed by atoms with Crippen molar-refractivity contribution in [3.8, 4) is 5.88 Å². The summed E-state index contributed by atoms with van der Waals surface area (Å²) in [5.74, 6) is 0.0526. The molecule has 1 aromatic heterocycles. The molecule has 4 heteroatoms. The van der Waals surface area contributed by atoms with Crippen molar-refractivity contribution in [1.29, 1.82) is 0 Å². The summed E-state index contributed by atoms with van der Waals surface area (Å²) in [6.45, 7) is 1.96. The van der Waals surface area contributed by atoms with Crippen molar-refractivity contribution in [3.63, 3.8) is 0 Å². The van der Waals surface area contributed by atoms with Crippen LogP contribution in [-0.4, -0.2) is 14.9 Å². The summed E-state index contributed by atoms with van der Waals surface area (Å²) < 4.78 is 1.33. The van der Waals surface area contributed by atoms with Crippen LogP contribution in [0.15, 0.2) is 4.79 Å². The first-order chi connectivity index (χ1) is 5.16. The van der Waals surface area contributed by atoms with E-state index >= 15 is 0 Å². The van der Waals surface area contributed by atoms with Crippen molar-refractivity contribution in [3.05, 3.63) is 15.9 Å². The van der Waals surface area contributed by atoms with Crippen LogP contribution in [0.25, 0.3) is 0 Å². The Bertz CT molecular complexity index is 298. The van der Waals surface area contributed by atoms with E-state index in [4.69, 9.17) is 0 Å². The van der Waals surface area contributed by atoms with E-state index in [9.17, 15) is 9.90 Å². The number of rotatable bonds is 2. The van der Waals surface area contributed by atoms with Crippen LogP contribution in [-0.2, 0) is 13.5 Å². The molecular formula is C7H12N2O2. The molecule has 4 nitrogen and oxygen atoms in total. The van der Waals surface area contributed by atoms with E-state index in [1.54, 1.807) is 7.05 Å². The summed E-state index contributed by atoms with van der Waals surface area (Å²) in [4.78, 5) is 11.0. The SMILES string of the molecule is CCCc1c(O)n(C)[nH]c1=O. The summed E-state index contributed by atoms with van der Waals surface area (Å²) in [7, 11) is 1.61. The van der Waals surface area contributed by atoms with Crippen LogP contribution >= 0.6 is 0 Å². The average molecular weight is 156 g/mol. The lowest BCUT2D eigenvalue weighted by Gasteiger charge is -1.94. The van der Waals surface area contributed by atoms with Crippen LogP contribution in [0.3, 0.4) is 0 Å². The molecule has 0 atom stereocenters. The van der Waals surface area contributed by atoms with Gasteiger partial charge < -0.3 is 5.11 Å². The summed E-state index contributed by atoms with van der Waals surface area (Å²) >= 11 is 0. The fourth-order valence-corrected chi connectivity index (χ4v) is 1.05. The van der Waals surface area contributed by atoms with Gasteiger partial charge in [-0.25, -0.2) is 0 Å². The predicted molar refractivity (Wildman–Crippen MR) is 41.7 cm³/mol. The van der Waals surface area contributed by atoms with Gasteiger partial charge in [-0.1, -0.05) is 13.3 Å². The molecule has 1 heterocycles. The van der Waals surface area contributed by atoms with Crippen molar-refractivity contribution in [1.82, 2.24) is 9.78 Å². The Morgan fingerprint density at radius 3 is 2.64 bits per heavy atom. The van der Waals surface area contributed by atoms with E-state index < -0.39 is 0 Å². The second-order valence-electron chi connectivity index (χ2n) is 2.55. The summed E-state index contributed by atoms with van der Waals surface area (Å²) in [6, 6.07) is 0. The maximum Gasteiger partial charge on any atom is 0.271 e. The number of aromatic hydroxyl groups is 1. The van der Waals surface area contributed by atoms with Gasteiger partial charge >= 0.3 is 0 Å². The zero-order valence-corrected chi connectivity index (χ0v) is 6.72. The van der Waals surface area contributed by atoms with Crippen LogP contribution in [0.4, 0.5) is 0 Å². The number of aromatic nitrogens is 2. The lowest BCUT2D eigenvalue weighted by atomic mass is 10.2. The maximum atomic E-state index is 11.0. The molecule has 0 aliphatic rings. The predicted octanol–water partition coefficient (Wildman–Crippen LogP) is 0.371. The van der Waals surface area contributed by atoms with Gasteiger partial charge in [-0.05, 0) is 6.42 Å². The van der Waals surface area contributed by atoms with E-state index in [0.29, 0.717) is 12.0 Å². The monoisotopic (exact) mass is 156 g/mol. The molecule has 0 fully saturated rings. The minimum atomic E-state index is -0.188. The number of hydrogen-bond donors (Lipinski definition) is 2. The molecule has 0 aliphatic heterocycles. The highest BCUT2D eigenvalue weighted by molar-refractivity contribution is 5.22. The third kappa shape index (κ3) is 1.29. The second-order valence-corrected chi connectivity index (χ2v) is 2.55. The van der Waals surface area contributed by atoms with Crippen LogP contribution in [0.2, 0.25) is 0 Å². The minimum Gasteiger partial charge on any atom is -0.493 e. The highest BCUT2D eigenvalue weighted by Gasteiger charge is 2.09. The molecule has 0 aliphatic carbocycles. The normalized spacial score (nSPS) is 10.4. The summed E-state index contributed by atoms with van der Waals surface area (Å²) in [5, 5.41) is 11.8.